The maximum absolute atomic E-state index is 13.3. The van der Waals surface area contributed by atoms with Crippen LogP contribution in [0.1, 0.15) is 32.1 Å². The minimum Gasteiger partial charge on any atom is -0.325 e. The van der Waals surface area contributed by atoms with Gasteiger partial charge in [0, 0.05) is 16.2 Å². The SMILES string of the molecule is NS(=O)(=O)c1ccc(NC(=O)CN(C2CCCCC2)S(=O)(=O)c2ccc(Br)cc2)cc1. The van der Waals surface area contributed by atoms with Crippen molar-refractivity contribution in [1.82, 2.24) is 4.31 Å². The minimum absolute atomic E-state index is 0.0767. The molecule has 2 aromatic rings. The third kappa shape index (κ3) is 6.13. The second-order valence-corrected chi connectivity index (χ2v) is 11.8. The van der Waals surface area contributed by atoms with Gasteiger partial charge in [-0.15, -0.1) is 0 Å². The van der Waals surface area contributed by atoms with Crippen molar-refractivity contribution in [2.45, 2.75) is 47.9 Å². The number of carbonyl (C=O) groups excluding carboxylic acids is 1. The normalized spacial score (nSPS) is 15.7. The van der Waals surface area contributed by atoms with Crippen LogP contribution in [0.3, 0.4) is 0 Å². The number of rotatable bonds is 7. The van der Waals surface area contributed by atoms with Crippen LogP contribution < -0.4 is 10.5 Å². The smallest absolute Gasteiger partial charge is 0.243 e. The van der Waals surface area contributed by atoms with E-state index in [2.05, 4.69) is 21.2 Å². The fraction of sp³-hybridized carbons (Fsp3) is 0.350. The van der Waals surface area contributed by atoms with Crippen LogP contribution in [0.4, 0.5) is 5.69 Å². The van der Waals surface area contributed by atoms with Crippen molar-refractivity contribution in [1.29, 1.82) is 0 Å². The first-order valence-electron chi connectivity index (χ1n) is 9.77. The van der Waals surface area contributed by atoms with E-state index in [1.54, 1.807) is 12.1 Å². The summed E-state index contributed by atoms with van der Waals surface area (Å²) in [6, 6.07) is 11.5. The molecule has 0 spiro atoms. The van der Waals surface area contributed by atoms with Gasteiger partial charge in [-0.2, -0.15) is 4.31 Å². The molecule has 1 amide bonds. The van der Waals surface area contributed by atoms with Gasteiger partial charge in [-0.1, -0.05) is 35.2 Å². The first kappa shape index (κ1) is 23.9. The molecule has 0 aliphatic heterocycles. The van der Waals surface area contributed by atoms with Gasteiger partial charge in [-0.05, 0) is 61.4 Å². The number of halogens is 1. The van der Waals surface area contributed by atoms with Gasteiger partial charge in [-0.3, -0.25) is 4.79 Å². The van der Waals surface area contributed by atoms with Crippen molar-refractivity contribution in [2.24, 2.45) is 5.14 Å². The van der Waals surface area contributed by atoms with Gasteiger partial charge >= 0.3 is 0 Å². The predicted octanol–water partition coefficient (Wildman–Crippen LogP) is 3.06. The Hall–Kier alpha value is -1.79. The van der Waals surface area contributed by atoms with Crippen molar-refractivity contribution < 1.29 is 21.6 Å². The van der Waals surface area contributed by atoms with Crippen LogP contribution in [0.25, 0.3) is 0 Å². The van der Waals surface area contributed by atoms with E-state index in [-0.39, 0.29) is 22.4 Å². The zero-order chi connectivity index (χ0) is 22.6. The Morgan fingerprint density at radius 1 is 0.935 bits per heavy atom. The van der Waals surface area contributed by atoms with Crippen molar-refractivity contribution in [3.05, 3.63) is 53.0 Å². The number of amides is 1. The van der Waals surface area contributed by atoms with Crippen LogP contribution in [0, 0.1) is 0 Å². The monoisotopic (exact) mass is 529 g/mol. The number of primary sulfonamides is 1. The Morgan fingerprint density at radius 3 is 2.03 bits per heavy atom. The van der Waals surface area contributed by atoms with Gasteiger partial charge in [0.2, 0.25) is 26.0 Å². The van der Waals surface area contributed by atoms with Gasteiger partial charge in [-0.25, -0.2) is 22.0 Å². The fourth-order valence-electron chi connectivity index (χ4n) is 3.59. The van der Waals surface area contributed by atoms with Gasteiger partial charge in [0.05, 0.1) is 16.3 Å². The van der Waals surface area contributed by atoms with Crippen molar-refractivity contribution in [2.75, 3.05) is 11.9 Å². The lowest BCUT2D eigenvalue weighted by molar-refractivity contribution is -0.116. The average Bonchev–Trinajstić information content (AvgIpc) is 2.72. The van der Waals surface area contributed by atoms with Gasteiger partial charge in [0.1, 0.15) is 0 Å². The molecule has 0 unspecified atom stereocenters. The molecule has 1 saturated carbocycles. The molecule has 0 saturated heterocycles. The summed E-state index contributed by atoms with van der Waals surface area (Å²) >= 11 is 3.30. The molecular weight excluding hydrogens is 506 g/mol. The van der Waals surface area contributed by atoms with Crippen molar-refractivity contribution in [3.8, 4) is 0 Å². The summed E-state index contributed by atoms with van der Waals surface area (Å²) in [7, 11) is -7.71. The lowest BCUT2D eigenvalue weighted by Crippen LogP contribution is -2.45. The highest BCUT2D eigenvalue weighted by Crippen LogP contribution is 2.28. The second kappa shape index (κ2) is 9.78. The average molecular weight is 530 g/mol. The molecule has 0 aromatic heterocycles. The molecule has 0 heterocycles. The Morgan fingerprint density at radius 2 is 1.48 bits per heavy atom. The predicted molar refractivity (Wildman–Crippen MR) is 121 cm³/mol. The summed E-state index contributed by atoms with van der Waals surface area (Å²) < 4.78 is 51.4. The molecular formula is C20H24BrN3O5S2. The zero-order valence-corrected chi connectivity index (χ0v) is 19.9. The van der Waals surface area contributed by atoms with Gasteiger partial charge < -0.3 is 5.32 Å². The summed E-state index contributed by atoms with van der Waals surface area (Å²) in [4.78, 5) is 12.8. The molecule has 168 valence electrons. The van der Waals surface area contributed by atoms with Crippen LogP contribution in [0.5, 0.6) is 0 Å². The molecule has 8 nitrogen and oxygen atoms in total. The Labute approximate surface area is 191 Å². The molecule has 3 N–H and O–H groups in total. The molecule has 1 fully saturated rings. The Bertz CT molecular complexity index is 1130. The second-order valence-electron chi connectivity index (χ2n) is 7.41. The zero-order valence-electron chi connectivity index (χ0n) is 16.7. The summed E-state index contributed by atoms with van der Waals surface area (Å²) in [6.45, 7) is -0.333. The highest BCUT2D eigenvalue weighted by Gasteiger charge is 2.34. The molecule has 11 heteroatoms. The molecule has 3 rings (SSSR count). The van der Waals surface area contributed by atoms with E-state index in [0.29, 0.717) is 18.5 Å². The number of sulfonamides is 2. The highest BCUT2D eigenvalue weighted by atomic mass is 79.9. The van der Waals surface area contributed by atoms with E-state index in [1.165, 1.54) is 40.7 Å². The molecule has 0 bridgehead atoms. The molecule has 2 aromatic carbocycles. The maximum Gasteiger partial charge on any atom is 0.243 e. The van der Waals surface area contributed by atoms with Crippen LogP contribution in [0.15, 0.2) is 62.8 Å². The van der Waals surface area contributed by atoms with E-state index in [0.717, 1.165) is 23.7 Å². The molecule has 0 radical (unpaired) electrons. The molecule has 1 aliphatic carbocycles. The van der Waals surface area contributed by atoms with Crippen molar-refractivity contribution in [3.63, 3.8) is 0 Å². The molecule has 31 heavy (non-hydrogen) atoms. The number of nitrogens with zero attached hydrogens (tertiary/aromatic N) is 1. The number of nitrogens with one attached hydrogen (secondary N) is 1. The molecule has 1 aliphatic rings. The number of hydrogen-bond acceptors (Lipinski definition) is 5. The number of nitrogens with two attached hydrogens (primary N) is 1. The summed E-state index contributed by atoms with van der Waals surface area (Å²) in [5, 5.41) is 7.71. The van der Waals surface area contributed by atoms with Crippen molar-refractivity contribution >= 4 is 47.6 Å². The van der Waals surface area contributed by atoms with E-state index in [4.69, 9.17) is 5.14 Å². The highest BCUT2D eigenvalue weighted by molar-refractivity contribution is 9.10. The Kier molecular flexibility index (Phi) is 7.53. The Balaban J connectivity index is 1.81. The van der Waals surface area contributed by atoms with Crippen LogP contribution >= 0.6 is 15.9 Å². The first-order chi connectivity index (χ1) is 14.6. The van der Waals surface area contributed by atoms with Gasteiger partial charge in [0.25, 0.3) is 0 Å². The van der Waals surface area contributed by atoms with Crippen LogP contribution in [0.2, 0.25) is 0 Å². The van der Waals surface area contributed by atoms with Crippen LogP contribution in [-0.4, -0.2) is 39.6 Å². The third-order valence-electron chi connectivity index (χ3n) is 5.17. The summed E-state index contributed by atoms with van der Waals surface area (Å²) in [6.07, 6.45) is 4.27. The summed E-state index contributed by atoms with van der Waals surface area (Å²) in [5.41, 5.74) is 0.349. The standard InChI is InChI=1S/C20H24BrN3O5S2/c21-15-6-10-19(11-7-15)31(28,29)24(17-4-2-1-3-5-17)14-20(25)23-16-8-12-18(13-9-16)30(22,26)27/h6-13,17H,1-5,14H2,(H,23,25)(H2,22,26,27). The molecule has 0 atom stereocenters. The van der Waals surface area contributed by atoms with Gasteiger partial charge in [0.15, 0.2) is 0 Å². The van der Waals surface area contributed by atoms with Crippen LogP contribution in [-0.2, 0) is 24.8 Å². The quantitative estimate of drug-likeness (QED) is 0.569. The number of anilines is 1. The fourth-order valence-corrected chi connectivity index (χ4v) is 6.01. The number of carbonyl (C=O) groups is 1. The topological polar surface area (TPSA) is 127 Å². The minimum atomic E-state index is -3.88. The third-order valence-corrected chi connectivity index (χ3v) is 8.54. The lowest BCUT2D eigenvalue weighted by atomic mass is 9.95. The van der Waals surface area contributed by atoms with E-state index >= 15 is 0 Å². The summed E-state index contributed by atoms with van der Waals surface area (Å²) in [5.74, 6) is -0.505. The van der Waals surface area contributed by atoms with E-state index < -0.39 is 26.0 Å². The van der Waals surface area contributed by atoms with E-state index in [1.807, 2.05) is 0 Å². The maximum atomic E-state index is 13.3. The first-order valence-corrected chi connectivity index (χ1v) is 13.6. The lowest BCUT2D eigenvalue weighted by Gasteiger charge is -2.33. The van der Waals surface area contributed by atoms with E-state index in [9.17, 15) is 21.6 Å². The largest absolute Gasteiger partial charge is 0.325 e. The number of benzene rings is 2. The number of hydrogen-bond donors (Lipinski definition) is 2.